The summed E-state index contributed by atoms with van der Waals surface area (Å²) in [5.41, 5.74) is 10.5. The summed E-state index contributed by atoms with van der Waals surface area (Å²) in [7, 11) is 0. The van der Waals surface area contributed by atoms with Gasteiger partial charge in [-0.2, -0.15) is 0 Å². The van der Waals surface area contributed by atoms with Gasteiger partial charge in [0.15, 0.2) is 0 Å². The second-order valence-electron chi connectivity index (χ2n) is 5.30. The van der Waals surface area contributed by atoms with Crippen LogP contribution in [0.3, 0.4) is 0 Å². The van der Waals surface area contributed by atoms with E-state index in [1.54, 1.807) is 0 Å². The SMILES string of the molecule is Cc1cc(CCN)c(C)c2c1OC(C)(C)C=C2. The van der Waals surface area contributed by atoms with Gasteiger partial charge in [0.25, 0.3) is 0 Å². The molecule has 0 bridgehead atoms. The zero-order valence-corrected chi connectivity index (χ0v) is 11.1. The van der Waals surface area contributed by atoms with E-state index >= 15 is 0 Å². The number of nitrogens with two attached hydrogens (primary N) is 1. The normalized spacial score (nSPS) is 16.5. The average Bonchev–Trinajstić information content (AvgIpc) is 2.25. The molecule has 1 aromatic rings. The molecule has 2 heteroatoms. The van der Waals surface area contributed by atoms with Crippen molar-refractivity contribution in [1.82, 2.24) is 0 Å². The lowest BCUT2D eigenvalue weighted by Gasteiger charge is -2.30. The molecule has 0 aliphatic carbocycles. The molecule has 1 aromatic carbocycles. The second-order valence-corrected chi connectivity index (χ2v) is 5.30. The Bertz CT molecular complexity index is 472. The van der Waals surface area contributed by atoms with Crippen LogP contribution in [0.4, 0.5) is 0 Å². The summed E-state index contributed by atoms with van der Waals surface area (Å²) < 4.78 is 6.05. The van der Waals surface area contributed by atoms with Crippen LogP contribution in [-0.2, 0) is 6.42 Å². The lowest BCUT2D eigenvalue weighted by atomic mass is 9.92. The van der Waals surface area contributed by atoms with Crippen LogP contribution < -0.4 is 10.5 Å². The van der Waals surface area contributed by atoms with Crippen molar-refractivity contribution in [3.05, 3.63) is 34.4 Å². The Balaban J connectivity index is 2.55. The van der Waals surface area contributed by atoms with Gasteiger partial charge in [0.1, 0.15) is 11.4 Å². The average molecular weight is 231 g/mol. The van der Waals surface area contributed by atoms with E-state index in [4.69, 9.17) is 10.5 Å². The minimum atomic E-state index is -0.209. The van der Waals surface area contributed by atoms with E-state index in [2.05, 4.69) is 45.9 Å². The fraction of sp³-hybridized carbons (Fsp3) is 0.467. The summed E-state index contributed by atoms with van der Waals surface area (Å²) in [4.78, 5) is 0. The molecule has 0 saturated carbocycles. The maximum absolute atomic E-state index is 6.05. The van der Waals surface area contributed by atoms with Gasteiger partial charge in [0, 0.05) is 5.56 Å². The highest BCUT2D eigenvalue weighted by Crippen LogP contribution is 2.37. The molecule has 0 radical (unpaired) electrons. The van der Waals surface area contributed by atoms with E-state index in [0.29, 0.717) is 6.54 Å². The van der Waals surface area contributed by atoms with Crippen molar-refractivity contribution in [1.29, 1.82) is 0 Å². The number of aryl methyl sites for hydroxylation is 1. The van der Waals surface area contributed by atoms with Gasteiger partial charge in [-0.25, -0.2) is 0 Å². The van der Waals surface area contributed by atoms with Gasteiger partial charge in [-0.1, -0.05) is 12.1 Å². The maximum atomic E-state index is 6.05. The van der Waals surface area contributed by atoms with Crippen molar-refractivity contribution >= 4 is 6.08 Å². The molecular formula is C15H21NO. The van der Waals surface area contributed by atoms with Crippen LogP contribution in [0.25, 0.3) is 6.08 Å². The molecule has 0 spiro atoms. The van der Waals surface area contributed by atoms with E-state index in [1.807, 2.05) is 0 Å². The first-order valence-corrected chi connectivity index (χ1v) is 6.16. The predicted molar refractivity (Wildman–Crippen MR) is 72.4 cm³/mol. The molecule has 0 aromatic heterocycles. The summed E-state index contributed by atoms with van der Waals surface area (Å²) in [5, 5.41) is 0. The lowest BCUT2D eigenvalue weighted by Crippen LogP contribution is -2.28. The molecule has 2 N–H and O–H groups in total. The topological polar surface area (TPSA) is 35.2 Å². The molecule has 0 amide bonds. The molecule has 17 heavy (non-hydrogen) atoms. The Hall–Kier alpha value is -1.28. The highest BCUT2D eigenvalue weighted by molar-refractivity contribution is 5.68. The number of rotatable bonds is 2. The van der Waals surface area contributed by atoms with Crippen LogP contribution in [-0.4, -0.2) is 12.1 Å². The molecule has 2 nitrogen and oxygen atoms in total. The summed E-state index contributed by atoms with van der Waals surface area (Å²) >= 11 is 0. The Morgan fingerprint density at radius 2 is 2.00 bits per heavy atom. The fourth-order valence-electron chi connectivity index (χ4n) is 2.32. The van der Waals surface area contributed by atoms with Gasteiger partial charge in [-0.05, 0) is 63.4 Å². The first-order chi connectivity index (χ1) is 7.94. The van der Waals surface area contributed by atoms with E-state index in [1.165, 1.54) is 22.3 Å². The van der Waals surface area contributed by atoms with Crippen LogP contribution in [0.5, 0.6) is 5.75 Å². The van der Waals surface area contributed by atoms with Gasteiger partial charge in [-0.3, -0.25) is 0 Å². The Morgan fingerprint density at radius 3 is 2.65 bits per heavy atom. The zero-order valence-electron chi connectivity index (χ0n) is 11.1. The van der Waals surface area contributed by atoms with Crippen molar-refractivity contribution < 1.29 is 4.74 Å². The Morgan fingerprint density at radius 1 is 1.29 bits per heavy atom. The first kappa shape index (κ1) is 12.2. The number of fused-ring (bicyclic) bond motifs is 1. The number of hydrogen-bond acceptors (Lipinski definition) is 2. The Kier molecular flexibility index (Phi) is 3.00. The molecule has 0 saturated heterocycles. The van der Waals surface area contributed by atoms with Gasteiger partial charge >= 0.3 is 0 Å². The third-order valence-electron chi connectivity index (χ3n) is 3.31. The molecule has 1 aliphatic heterocycles. The third kappa shape index (κ3) is 2.22. The predicted octanol–water partition coefficient (Wildman–Crippen LogP) is 2.99. The third-order valence-corrected chi connectivity index (χ3v) is 3.31. The smallest absolute Gasteiger partial charge is 0.131 e. The molecule has 92 valence electrons. The molecular weight excluding hydrogens is 210 g/mol. The summed E-state index contributed by atoms with van der Waals surface area (Å²) in [5.74, 6) is 1.02. The number of ether oxygens (including phenoxy) is 1. The lowest BCUT2D eigenvalue weighted by molar-refractivity contribution is 0.157. The monoisotopic (exact) mass is 231 g/mol. The molecule has 0 unspecified atom stereocenters. The van der Waals surface area contributed by atoms with Crippen molar-refractivity contribution in [2.24, 2.45) is 5.73 Å². The van der Waals surface area contributed by atoms with Gasteiger partial charge in [0.05, 0.1) is 0 Å². The van der Waals surface area contributed by atoms with E-state index in [9.17, 15) is 0 Å². The zero-order chi connectivity index (χ0) is 12.6. The molecule has 0 fully saturated rings. The minimum Gasteiger partial charge on any atom is -0.483 e. The van der Waals surface area contributed by atoms with Crippen LogP contribution in [0.2, 0.25) is 0 Å². The highest BCUT2D eigenvalue weighted by atomic mass is 16.5. The second kappa shape index (κ2) is 4.19. The molecule has 2 rings (SSSR count). The summed E-state index contributed by atoms with van der Waals surface area (Å²) in [6.45, 7) is 9.10. The molecule has 0 atom stereocenters. The minimum absolute atomic E-state index is 0.209. The van der Waals surface area contributed by atoms with Crippen LogP contribution in [0, 0.1) is 13.8 Å². The van der Waals surface area contributed by atoms with Crippen molar-refractivity contribution in [2.75, 3.05) is 6.54 Å². The molecule has 1 aliphatic rings. The van der Waals surface area contributed by atoms with Crippen LogP contribution in [0.1, 0.15) is 36.1 Å². The quantitative estimate of drug-likeness (QED) is 0.849. The van der Waals surface area contributed by atoms with Gasteiger partial charge in [0.2, 0.25) is 0 Å². The summed E-state index contributed by atoms with van der Waals surface area (Å²) in [6.07, 6.45) is 5.23. The van der Waals surface area contributed by atoms with E-state index < -0.39 is 0 Å². The highest BCUT2D eigenvalue weighted by Gasteiger charge is 2.24. The van der Waals surface area contributed by atoms with Crippen LogP contribution >= 0.6 is 0 Å². The van der Waals surface area contributed by atoms with Gasteiger partial charge < -0.3 is 10.5 Å². The Labute approximate surface area is 103 Å². The van der Waals surface area contributed by atoms with Crippen molar-refractivity contribution in [3.63, 3.8) is 0 Å². The first-order valence-electron chi connectivity index (χ1n) is 6.16. The maximum Gasteiger partial charge on any atom is 0.131 e. The van der Waals surface area contributed by atoms with Crippen molar-refractivity contribution in [2.45, 2.75) is 39.7 Å². The summed E-state index contributed by atoms with van der Waals surface area (Å²) in [6, 6.07) is 2.20. The van der Waals surface area contributed by atoms with E-state index in [-0.39, 0.29) is 5.60 Å². The number of hydrogen-bond donors (Lipinski definition) is 1. The molecule has 1 heterocycles. The van der Waals surface area contributed by atoms with Crippen LogP contribution in [0.15, 0.2) is 12.1 Å². The van der Waals surface area contributed by atoms with Gasteiger partial charge in [-0.15, -0.1) is 0 Å². The fourth-order valence-corrected chi connectivity index (χ4v) is 2.32. The van der Waals surface area contributed by atoms with E-state index in [0.717, 1.165) is 12.2 Å². The van der Waals surface area contributed by atoms with Crippen molar-refractivity contribution in [3.8, 4) is 5.75 Å². The number of benzene rings is 1. The standard InChI is InChI=1S/C15H21NO/c1-10-9-12(6-8-16)11(2)13-5-7-15(3,4)17-14(10)13/h5,7,9H,6,8,16H2,1-4H3. The largest absolute Gasteiger partial charge is 0.483 e.